The number of hydrogen-bond donors (Lipinski definition) is 1. The van der Waals surface area contributed by atoms with Crippen molar-refractivity contribution in [3.63, 3.8) is 0 Å². The van der Waals surface area contributed by atoms with Crippen LogP contribution in [0.25, 0.3) is 11.4 Å². The molecule has 1 N–H and O–H groups in total. The molecule has 1 saturated heterocycles. The molecule has 2 aromatic heterocycles. The molecule has 0 saturated carbocycles. The van der Waals surface area contributed by atoms with Crippen molar-refractivity contribution in [2.24, 2.45) is 0 Å². The zero-order chi connectivity index (χ0) is 20.8. The summed E-state index contributed by atoms with van der Waals surface area (Å²) in [7, 11) is 0. The minimum atomic E-state index is 0.304. The van der Waals surface area contributed by atoms with Gasteiger partial charge in [0.1, 0.15) is 5.82 Å². The van der Waals surface area contributed by atoms with Gasteiger partial charge in [-0.1, -0.05) is 24.3 Å². The van der Waals surface area contributed by atoms with Gasteiger partial charge in [0.25, 0.3) is 0 Å². The highest BCUT2D eigenvalue weighted by atomic mass is 16.5. The molecular weight excluding hydrogens is 376 g/mol. The van der Waals surface area contributed by atoms with Gasteiger partial charge in [0.2, 0.25) is 0 Å². The molecule has 1 aliphatic rings. The van der Waals surface area contributed by atoms with E-state index in [0.717, 1.165) is 48.7 Å². The summed E-state index contributed by atoms with van der Waals surface area (Å²) < 4.78 is 11.5. The van der Waals surface area contributed by atoms with Crippen LogP contribution in [0.15, 0.2) is 48.8 Å². The van der Waals surface area contributed by atoms with E-state index in [-0.39, 0.29) is 0 Å². The molecule has 0 radical (unpaired) electrons. The predicted molar refractivity (Wildman–Crippen MR) is 117 cm³/mol. The number of pyridine rings is 1. The second kappa shape index (κ2) is 9.78. The standard InChI is InChI=1S/C24H28N4O2/c1-17-18(2)27-24(21-7-4-10-25-15-21)28-23(17)26-14-19-5-3-6-20(13-19)16-30-22-8-11-29-12-9-22/h3-7,10,13,15,22H,8-9,11-12,14,16H2,1-2H3,(H,26,27,28). The first kappa shape index (κ1) is 20.4. The van der Waals surface area contributed by atoms with Crippen LogP contribution < -0.4 is 5.32 Å². The van der Waals surface area contributed by atoms with Gasteiger partial charge in [0, 0.05) is 49.0 Å². The smallest absolute Gasteiger partial charge is 0.163 e. The quantitative estimate of drug-likeness (QED) is 0.627. The van der Waals surface area contributed by atoms with E-state index >= 15 is 0 Å². The van der Waals surface area contributed by atoms with Crippen molar-refractivity contribution in [3.8, 4) is 11.4 Å². The van der Waals surface area contributed by atoms with Gasteiger partial charge in [-0.3, -0.25) is 4.98 Å². The molecule has 1 aliphatic heterocycles. The third-order valence-electron chi connectivity index (χ3n) is 5.41. The van der Waals surface area contributed by atoms with Crippen LogP contribution >= 0.6 is 0 Å². The van der Waals surface area contributed by atoms with Crippen molar-refractivity contribution < 1.29 is 9.47 Å². The molecule has 1 aromatic carbocycles. The maximum atomic E-state index is 6.06. The second-order valence-corrected chi connectivity index (χ2v) is 7.64. The van der Waals surface area contributed by atoms with Gasteiger partial charge in [0.15, 0.2) is 5.82 Å². The van der Waals surface area contributed by atoms with E-state index in [2.05, 4.69) is 39.6 Å². The molecule has 3 heterocycles. The average Bonchev–Trinajstić information content (AvgIpc) is 2.80. The first-order valence-electron chi connectivity index (χ1n) is 10.5. The first-order valence-corrected chi connectivity index (χ1v) is 10.5. The molecule has 0 atom stereocenters. The Bertz CT molecular complexity index is 972. The highest BCUT2D eigenvalue weighted by molar-refractivity contribution is 5.58. The third kappa shape index (κ3) is 5.20. The number of aryl methyl sites for hydroxylation is 1. The fourth-order valence-corrected chi connectivity index (χ4v) is 3.50. The molecule has 0 amide bonds. The van der Waals surface area contributed by atoms with Gasteiger partial charge in [-0.2, -0.15) is 0 Å². The van der Waals surface area contributed by atoms with E-state index in [0.29, 0.717) is 25.1 Å². The number of hydrogen-bond acceptors (Lipinski definition) is 6. The summed E-state index contributed by atoms with van der Waals surface area (Å²) in [6.07, 6.45) is 5.80. The Kier molecular flexibility index (Phi) is 6.67. The summed E-state index contributed by atoms with van der Waals surface area (Å²) in [5.74, 6) is 1.54. The van der Waals surface area contributed by atoms with Crippen molar-refractivity contribution in [1.29, 1.82) is 0 Å². The lowest BCUT2D eigenvalue weighted by Gasteiger charge is -2.22. The van der Waals surface area contributed by atoms with Gasteiger partial charge >= 0.3 is 0 Å². The van der Waals surface area contributed by atoms with Crippen LogP contribution in [-0.4, -0.2) is 34.3 Å². The maximum absolute atomic E-state index is 6.06. The highest BCUT2D eigenvalue weighted by Gasteiger charge is 2.14. The van der Waals surface area contributed by atoms with Crippen molar-refractivity contribution >= 4 is 5.82 Å². The number of nitrogens with one attached hydrogen (secondary N) is 1. The average molecular weight is 405 g/mol. The number of rotatable bonds is 7. The van der Waals surface area contributed by atoms with E-state index in [4.69, 9.17) is 14.5 Å². The molecule has 156 valence electrons. The fourth-order valence-electron chi connectivity index (χ4n) is 3.50. The highest BCUT2D eigenvalue weighted by Crippen LogP contribution is 2.22. The molecule has 0 bridgehead atoms. The van der Waals surface area contributed by atoms with E-state index in [1.54, 1.807) is 12.4 Å². The van der Waals surface area contributed by atoms with Gasteiger partial charge in [-0.25, -0.2) is 9.97 Å². The van der Waals surface area contributed by atoms with Crippen molar-refractivity contribution in [1.82, 2.24) is 15.0 Å². The van der Waals surface area contributed by atoms with Gasteiger partial charge in [0.05, 0.1) is 12.7 Å². The first-order chi connectivity index (χ1) is 14.7. The number of anilines is 1. The molecule has 0 unspecified atom stereocenters. The summed E-state index contributed by atoms with van der Waals surface area (Å²) in [6, 6.07) is 12.4. The SMILES string of the molecule is Cc1nc(-c2cccnc2)nc(NCc2cccc(COC3CCOCC3)c2)c1C. The number of benzene rings is 1. The zero-order valence-corrected chi connectivity index (χ0v) is 17.6. The van der Waals surface area contributed by atoms with Gasteiger partial charge in [-0.05, 0) is 49.9 Å². The third-order valence-corrected chi connectivity index (χ3v) is 5.41. The van der Waals surface area contributed by atoms with Gasteiger partial charge in [-0.15, -0.1) is 0 Å². The minimum Gasteiger partial charge on any atom is -0.381 e. The second-order valence-electron chi connectivity index (χ2n) is 7.64. The predicted octanol–water partition coefficient (Wildman–Crippen LogP) is 4.46. The topological polar surface area (TPSA) is 69.2 Å². The van der Waals surface area contributed by atoms with E-state index in [1.165, 1.54) is 11.1 Å². The summed E-state index contributed by atoms with van der Waals surface area (Å²) >= 11 is 0. The van der Waals surface area contributed by atoms with Crippen molar-refractivity contribution in [2.75, 3.05) is 18.5 Å². The Balaban J connectivity index is 1.42. The minimum absolute atomic E-state index is 0.304. The number of nitrogens with zero attached hydrogens (tertiary/aromatic N) is 3. The molecule has 3 aromatic rings. The molecule has 4 rings (SSSR count). The number of ether oxygens (including phenoxy) is 2. The van der Waals surface area contributed by atoms with Crippen LogP contribution in [0.2, 0.25) is 0 Å². The summed E-state index contributed by atoms with van der Waals surface area (Å²) in [5.41, 5.74) is 5.32. The fraction of sp³-hybridized carbons (Fsp3) is 0.375. The lowest BCUT2D eigenvalue weighted by atomic mass is 10.1. The van der Waals surface area contributed by atoms with Crippen LogP contribution in [0, 0.1) is 13.8 Å². The van der Waals surface area contributed by atoms with Crippen molar-refractivity contribution in [2.45, 2.75) is 45.9 Å². The molecule has 0 spiro atoms. The summed E-state index contributed by atoms with van der Waals surface area (Å²) in [5, 5.41) is 3.48. The Hall–Kier alpha value is -2.83. The summed E-state index contributed by atoms with van der Waals surface area (Å²) in [4.78, 5) is 13.5. The monoisotopic (exact) mass is 404 g/mol. The van der Waals surface area contributed by atoms with E-state index in [9.17, 15) is 0 Å². The van der Waals surface area contributed by atoms with E-state index < -0.39 is 0 Å². The van der Waals surface area contributed by atoms with Crippen LogP contribution in [0.3, 0.4) is 0 Å². The Morgan fingerprint density at radius 1 is 1.07 bits per heavy atom. The zero-order valence-electron chi connectivity index (χ0n) is 17.6. The molecule has 6 nitrogen and oxygen atoms in total. The Morgan fingerprint density at radius 3 is 2.70 bits per heavy atom. The molecule has 6 heteroatoms. The normalized spacial score (nSPS) is 14.6. The largest absolute Gasteiger partial charge is 0.381 e. The van der Waals surface area contributed by atoms with Crippen LogP contribution in [0.4, 0.5) is 5.82 Å². The maximum Gasteiger partial charge on any atom is 0.163 e. The molecular formula is C24H28N4O2. The van der Waals surface area contributed by atoms with Crippen molar-refractivity contribution in [3.05, 3.63) is 71.2 Å². The van der Waals surface area contributed by atoms with E-state index in [1.807, 2.05) is 26.0 Å². The van der Waals surface area contributed by atoms with Crippen LogP contribution in [0.5, 0.6) is 0 Å². The lowest BCUT2D eigenvalue weighted by molar-refractivity contribution is -0.0390. The van der Waals surface area contributed by atoms with Crippen LogP contribution in [0.1, 0.15) is 35.2 Å². The summed E-state index contributed by atoms with van der Waals surface area (Å²) in [6.45, 7) is 6.98. The Morgan fingerprint density at radius 2 is 1.90 bits per heavy atom. The lowest BCUT2D eigenvalue weighted by Crippen LogP contribution is -2.23. The Labute approximate surface area is 177 Å². The number of aromatic nitrogens is 3. The van der Waals surface area contributed by atoms with Gasteiger partial charge < -0.3 is 14.8 Å². The molecule has 0 aliphatic carbocycles. The molecule has 1 fully saturated rings. The van der Waals surface area contributed by atoms with Crippen LogP contribution in [-0.2, 0) is 22.6 Å². The molecule has 30 heavy (non-hydrogen) atoms.